The van der Waals surface area contributed by atoms with Crippen molar-refractivity contribution in [3.05, 3.63) is 65.5 Å². The Bertz CT molecular complexity index is 834. The highest BCUT2D eigenvalue weighted by molar-refractivity contribution is 5.44. The second-order valence-electron chi connectivity index (χ2n) is 6.18. The van der Waals surface area contributed by atoms with Gasteiger partial charge in [0.25, 0.3) is 5.89 Å². The fraction of sp³-hybridized carbons (Fsp3) is 0.278. The summed E-state index contributed by atoms with van der Waals surface area (Å²) >= 11 is 0. The molecule has 3 aromatic rings. The molecule has 4 rings (SSSR count). The molecule has 6 heteroatoms. The van der Waals surface area contributed by atoms with Crippen molar-refractivity contribution < 1.29 is 18.3 Å². The van der Waals surface area contributed by atoms with Gasteiger partial charge in [-0.15, -0.1) is 0 Å². The monoisotopic (exact) mass is 328 g/mol. The van der Waals surface area contributed by atoms with Crippen LogP contribution in [0.2, 0.25) is 0 Å². The summed E-state index contributed by atoms with van der Waals surface area (Å²) in [5.41, 5.74) is 0.616. The Balaban J connectivity index is 1.44. The number of likely N-dealkylation sites (tertiary alicyclic amines) is 1. The van der Waals surface area contributed by atoms with Crippen LogP contribution >= 0.6 is 0 Å². The molecule has 0 bridgehead atoms. The van der Waals surface area contributed by atoms with E-state index in [2.05, 4.69) is 9.88 Å². The third kappa shape index (κ3) is 2.64. The highest BCUT2D eigenvalue weighted by Crippen LogP contribution is 2.33. The van der Waals surface area contributed by atoms with Gasteiger partial charge in [0.05, 0.1) is 12.0 Å². The van der Waals surface area contributed by atoms with Crippen molar-refractivity contribution in [1.29, 1.82) is 0 Å². The van der Waals surface area contributed by atoms with E-state index in [1.807, 2.05) is 6.92 Å². The zero-order chi connectivity index (χ0) is 16.7. The summed E-state index contributed by atoms with van der Waals surface area (Å²) in [7, 11) is 0. The molecule has 0 atom stereocenters. The number of aryl methyl sites for hydroxylation is 1. The van der Waals surface area contributed by atoms with E-state index in [1.54, 1.807) is 30.5 Å². The minimum atomic E-state index is -0.935. The predicted molar refractivity (Wildman–Crippen MR) is 84.5 cm³/mol. The molecule has 24 heavy (non-hydrogen) atoms. The molecule has 0 amide bonds. The Morgan fingerprint density at radius 2 is 2.00 bits per heavy atom. The number of hydrogen-bond donors (Lipinski definition) is 1. The number of rotatable bonds is 4. The van der Waals surface area contributed by atoms with Gasteiger partial charge in [0.1, 0.15) is 17.2 Å². The maximum Gasteiger partial charge on any atom is 0.263 e. The lowest BCUT2D eigenvalue weighted by atomic mass is 9.86. The molecule has 1 aromatic carbocycles. The van der Waals surface area contributed by atoms with Crippen molar-refractivity contribution in [2.75, 3.05) is 13.1 Å². The van der Waals surface area contributed by atoms with E-state index >= 15 is 0 Å². The van der Waals surface area contributed by atoms with Crippen molar-refractivity contribution in [2.45, 2.75) is 19.1 Å². The first-order chi connectivity index (χ1) is 11.5. The molecule has 0 spiro atoms. The third-order valence-corrected chi connectivity index (χ3v) is 4.35. The molecular formula is C18H17FN2O3. The zero-order valence-corrected chi connectivity index (χ0v) is 13.2. The van der Waals surface area contributed by atoms with E-state index in [-0.39, 0.29) is 5.82 Å². The van der Waals surface area contributed by atoms with Gasteiger partial charge in [-0.1, -0.05) is 12.1 Å². The molecule has 3 heterocycles. The molecule has 124 valence electrons. The largest absolute Gasteiger partial charge is 0.459 e. The summed E-state index contributed by atoms with van der Waals surface area (Å²) in [6.07, 6.45) is 1.58. The van der Waals surface area contributed by atoms with Gasteiger partial charge in [-0.05, 0) is 36.8 Å². The smallest absolute Gasteiger partial charge is 0.263 e. The van der Waals surface area contributed by atoms with Crippen LogP contribution in [0.15, 0.2) is 51.5 Å². The highest BCUT2D eigenvalue weighted by atomic mass is 19.1. The van der Waals surface area contributed by atoms with Gasteiger partial charge in [-0.25, -0.2) is 9.37 Å². The summed E-state index contributed by atoms with van der Waals surface area (Å²) in [5.74, 6) is 1.48. The van der Waals surface area contributed by atoms with E-state index in [0.717, 1.165) is 17.0 Å². The zero-order valence-electron chi connectivity index (χ0n) is 13.2. The number of β-amino-alcohol motifs (C(OH)–C–C–N with tert-alkyl or cyclic N) is 1. The van der Waals surface area contributed by atoms with Crippen LogP contribution in [0.4, 0.5) is 4.39 Å². The van der Waals surface area contributed by atoms with Gasteiger partial charge in [-0.3, -0.25) is 4.90 Å². The van der Waals surface area contributed by atoms with Crippen molar-refractivity contribution in [3.8, 4) is 11.7 Å². The first-order valence-corrected chi connectivity index (χ1v) is 7.74. The Hall–Kier alpha value is -2.44. The number of benzene rings is 1. The first kappa shape index (κ1) is 15.1. The van der Waals surface area contributed by atoms with Gasteiger partial charge in [0.15, 0.2) is 5.76 Å². The average molecular weight is 328 g/mol. The first-order valence-electron chi connectivity index (χ1n) is 7.74. The van der Waals surface area contributed by atoms with Crippen LogP contribution in [-0.4, -0.2) is 28.1 Å². The van der Waals surface area contributed by atoms with Gasteiger partial charge in [0, 0.05) is 19.6 Å². The van der Waals surface area contributed by atoms with E-state index in [0.29, 0.717) is 31.3 Å². The normalized spacial score (nSPS) is 17.0. The van der Waals surface area contributed by atoms with Gasteiger partial charge in [0.2, 0.25) is 0 Å². The second kappa shape index (κ2) is 5.58. The molecular weight excluding hydrogens is 311 g/mol. The Morgan fingerprint density at radius 3 is 2.67 bits per heavy atom. The van der Waals surface area contributed by atoms with Crippen molar-refractivity contribution in [1.82, 2.24) is 9.88 Å². The standard InChI is InChI=1S/C18H17FN2O3/c1-12-15(20-17(24-12)16-3-2-8-23-16)9-21-10-18(22,11-21)13-4-6-14(19)7-5-13/h2-8,22H,9-11H2,1H3. The van der Waals surface area contributed by atoms with Crippen molar-refractivity contribution in [3.63, 3.8) is 0 Å². The van der Waals surface area contributed by atoms with Gasteiger partial charge < -0.3 is 13.9 Å². The molecule has 0 aliphatic carbocycles. The fourth-order valence-corrected chi connectivity index (χ4v) is 3.04. The minimum absolute atomic E-state index is 0.304. The molecule has 1 saturated heterocycles. The molecule has 1 aliphatic heterocycles. The lowest BCUT2D eigenvalue weighted by Crippen LogP contribution is -2.58. The Morgan fingerprint density at radius 1 is 1.25 bits per heavy atom. The van der Waals surface area contributed by atoms with E-state index in [9.17, 15) is 9.50 Å². The SMILES string of the molecule is Cc1oc(-c2ccco2)nc1CN1CC(O)(c2ccc(F)cc2)C1. The van der Waals surface area contributed by atoms with Crippen LogP contribution < -0.4 is 0 Å². The van der Waals surface area contributed by atoms with E-state index in [4.69, 9.17) is 8.83 Å². The molecule has 1 fully saturated rings. The quantitative estimate of drug-likeness (QED) is 0.797. The highest BCUT2D eigenvalue weighted by Gasteiger charge is 2.42. The summed E-state index contributed by atoms with van der Waals surface area (Å²) in [5, 5.41) is 10.6. The predicted octanol–water partition coefficient (Wildman–Crippen LogP) is 3.09. The van der Waals surface area contributed by atoms with Crippen LogP contribution in [0.3, 0.4) is 0 Å². The van der Waals surface area contributed by atoms with Gasteiger partial charge in [-0.2, -0.15) is 0 Å². The van der Waals surface area contributed by atoms with Crippen LogP contribution in [0.5, 0.6) is 0 Å². The van der Waals surface area contributed by atoms with Crippen LogP contribution in [-0.2, 0) is 12.1 Å². The number of nitrogens with zero attached hydrogens (tertiary/aromatic N) is 2. The number of hydrogen-bond acceptors (Lipinski definition) is 5. The molecule has 5 nitrogen and oxygen atoms in total. The van der Waals surface area contributed by atoms with E-state index in [1.165, 1.54) is 12.1 Å². The number of furan rings is 1. The summed E-state index contributed by atoms with van der Waals surface area (Å²) in [4.78, 5) is 6.54. The van der Waals surface area contributed by atoms with Crippen LogP contribution in [0.25, 0.3) is 11.7 Å². The summed E-state index contributed by atoms with van der Waals surface area (Å²) < 4.78 is 23.9. The lowest BCUT2D eigenvalue weighted by Gasteiger charge is -2.46. The van der Waals surface area contributed by atoms with Crippen molar-refractivity contribution >= 4 is 0 Å². The summed E-state index contributed by atoms with van der Waals surface area (Å²) in [6.45, 7) is 3.39. The molecule has 1 aliphatic rings. The third-order valence-electron chi connectivity index (χ3n) is 4.35. The average Bonchev–Trinajstić information content (AvgIpc) is 3.16. The minimum Gasteiger partial charge on any atom is -0.459 e. The Kier molecular flexibility index (Phi) is 3.51. The lowest BCUT2D eigenvalue weighted by molar-refractivity contribution is -0.108. The fourth-order valence-electron chi connectivity index (χ4n) is 3.04. The van der Waals surface area contributed by atoms with E-state index < -0.39 is 5.60 Å². The van der Waals surface area contributed by atoms with Crippen LogP contribution in [0.1, 0.15) is 17.0 Å². The molecule has 0 unspecified atom stereocenters. The van der Waals surface area contributed by atoms with Crippen LogP contribution in [0, 0.1) is 12.7 Å². The van der Waals surface area contributed by atoms with Gasteiger partial charge >= 0.3 is 0 Å². The molecule has 1 N–H and O–H groups in total. The molecule has 0 saturated carbocycles. The topological polar surface area (TPSA) is 62.6 Å². The number of halogens is 1. The summed E-state index contributed by atoms with van der Waals surface area (Å²) in [6, 6.07) is 9.57. The van der Waals surface area contributed by atoms with Crippen molar-refractivity contribution in [2.24, 2.45) is 0 Å². The molecule has 2 aromatic heterocycles. The number of oxazole rings is 1. The maximum absolute atomic E-state index is 13.0. The Labute approximate surface area is 138 Å². The molecule has 0 radical (unpaired) electrons. The maximum atomic E-state index is 13.0. The second-order valence-corrected chi connectivity index (χ2v) is 6.18. The number of aromatic nitrogens is 1. The number of aliphatic hydroxyl groups is 1.